The van der Waals surface area contributed by atoms with Gasteiger partial charge in [0.1, 0.15) is 0 Å². The monoisotopic (exact) mass is 303 g/mol. The van der Waals surface area contributed by atoms with Crippen molar-refractivity contribution in [2.75, 3.05) is 13.2 Å². The first-order valence-corrected chi connectivity index (χ1v) is 8.52. The molecular weight excluding hydrogens is 282 g/mol. The molecule has 0 unspecified atom stereocenters. The van der Waals surface area contributed by atoms with E-state index in [0.29, 0.717) is 12.5 Å². The Bertz CT molecular complexity index is 588. The van der Waals surface area contributed by atoms with Crippen molar-refractivity contribution >= 4 is 17.2 Å². The van der Waals surface area contributed by atoms with Gasteiger partial charge in [-0.25, -0.2) is 0 Å². The summed E-state index contributed by atoms with van der Waals surface area (Å²) in [5, 5.41) is 8.78. The maximum absolute atomic E-state index is 12.7. The van der Waals surface area contributed by atoms with Crippen LogP contribution in [0.15, 0.2) is 6.07 Å². The molecule has 2 aliphatic rings. The van der Waals surface area contributed by atoms with Gasteiger partial charge in [0, 0.05) is 19.0 Å². The molecule has 0 radical (unpaired) electrons. The number of hydrogen-bond acceptors (Lipinski definition) is 3. The molecule has 112 valence electrons. The van der Waals surface area contributed by atoms with Crippen molar-refractivity contribution in [2.24, 2.45) is 5.92 Å². The van der Waals surface area contributed by atoms with Gasteiger partial charge in [-0.15, -0.1) is 11.3 Å². The Hall–Kier alpha value is -1.31. The highest BCUT2D eigenvalue weighted by atomic mass is 32.1. The second kappa shape index (κ2) is 6.21. The number of aliphatic hydroxyl groups is 1. The summed E-state index contributed by atoms with van der Waals surface area (Å²) in [5.41, 5.74) is 1.07. The molecule has 0 spiro atoms. The first kappa shape index (κ1) is 14.6. The smallest absolute Gasteiger partial charge is 0.264 e. The summed E-state index contributed by atoms with van der Waals surface area (Å²) < 4.78 is 0. The lowest BCUT2D eigenvalue weighted by atomic mass is 10.2. The molecule has 1 aromatic heterocycles. The lowest BCUT2D eigenvalue weighted by Crippen LogP contribution is -2.34. The molecule has 2 fully saturated rings. The molecule has 2 aliphatic carbocycles. The maximum atomic E-state index is 12.7. The summed E-state index contributed by atoms with van der Waals surface area (Å²) >= 11 is 1.49. The average molecular weight is 303 g/mol. The number of amides is 1. The summed E-state index contributed by atoms with van der Waals surface area (Å²) in [7, 11) is 0. The maximum Gasteiger partial charge on any atom is 0.264 e. The van der Waals surface area contributed by atoms with Crippen LogP contribution in [0.1, 0.15) is 52.2 Å². The summed E-state index contributed by atoms with van der Waals surface area (Å²) in [6.07, 6.45) is 5.35. The van der Waals surface area contributed by atoms with Gasteiger partial charge in [-0.3, -0.25) is 4.79 Å². The van der Waals surface area contributed by atoms with Crippen LogP contribution in [0.5, 0.6) is 0 Å². The van der Waals surface area contributed by atoms with Crippen molar-refractivity contribution in [3.05, 3.63) is 21.4 Å². The van der Waals surface area contributed by atoms with Crippen molar-refractivity contribution in [1.29, 1.82) is 0 Å². The second-order valence-corrected chi connectivity index (χ2v) is 7.08. The molecule has 21 heavy (non-hydrogen) atoms. The number of nitrogens with zero attached hydrogens (tertiary/aromatic N) is 1. The van der Waals surface area contributed by atoms with Gasteiger partial charge < -0.3 is 10.0 Å². The first-order chi connectivity index (χ1) is 10.2. The van der Waals surface area contributed by atoms with Crippen molar-refractivity contribution in [1.82, 2.24) is 4.90 Å². The molecule has 3 nitrogen and oxygen atoms in total. The molecule has 0 bridgehead atoms. The first-order valence-electron chi connectivity index (χ1n) is 7.70. The van der Waals surface area contributed by atoms with Crippen LogP contribution in [-0.4, -0.2) is 35.1 Å². The van der Waals surface area contributed by atoms with E-state index in [4.69, 9.17) is 5.11 Å². The van der Waals surface area contributed by atoms with E-state index in [2.05, 4.69) is 16.7 Å². The molecule has 0 atom stereocenters. The van der Waals surface area contributed by atoms with E-state index in [1.165, 1.54) is 24.2 Å². The predicted molar refractivity (Wildman–Crippen MR) is 84.4 cm³/mol. The number of hydrogen-bond donors (Lipinski definition) is 1. The third kappa shape index (κ3) is 3.66. The third-order valence-electron chi connectivity index (χ3n) is 3.97. The lowest BCUT2D eigenvalue weighted by molar-refractivity contribution is 0.0739. The van der Waals surface area contributed by atoms with E-state index in [1.54, 1.807) is 0 Å². The molecule has 0 aliphatic heterocycles. The highest BCUT2D eigenvalue weighted by Gasteiger charge is 2.37. The highest BCUT2D eigenvalue weighted by Crippen LogP contribution is 2.36. The Labute approximate surface area is 130 Å². The zero-order valence-corrected chi connectivity index (χ0v) is 13.2. The Kier molecular flexibility index (Phi) is 4.32. The van der Waals surface area contributed by atoms with Gasteiger partial charge in [0.05, 0.1) is 16.4 Å². The number of rotatable bonds is 5. The fraction of sp³-hybridized carbons (Fsp3) is 0.588. The van der Waals surface area contributed by atoms with E-state index in [9.17, 15) is 4.79 Å². The van der Waals surface area contributed by atoms with Gasteiger partial charge in [0.15, 0.2) is 0 Å². The van der Waals surface area contributed by atoms with Crippen molar-refractivity contribution in [3.63, 3.8) is 0 Å². The van der Waals surface area contributed by atoms with E-state index in [0.717, 1.165) is 40.6 Å². The molecule has 0 saturated heterocycles. The van der Waals surface area contributed by atoms with Crippen LogP contribution < -0.4 is 0 Å². The second-order valence-electron chi connectivity index (χ2n) is 6.03. The third-order valence-corrected chi connectivity index (χ3v) is 5.11. The van der Waals surface area contributed by atoms with E-state index >= 15 is 0 Å². The largest absolute Gasteiger partial charge is 0.395 e. The van der Waals surface area contributed by atoms with Crippen LogP contribution in [0.25, 0.3) is 0 Å². The molecule has 0 aromatic carbocycles. The standard InChI is InChI=1S/C17H21NO2S/c1-12-10-16(21-15(12)4-2-3-9-19)17(20)18(14-7-8-14)11-13-5-6-13/h10,13-14,19H,3,5-9,11H2,1H3. The van der Waals surface area contributed by atoms with Crippen molar-refractivity contribution < 1.29 is 9.90 Å². The normalized spacial score (nSPS) is 17.2. The topological polar surface area (TPSA) is 40.5 Å². The van der Waals surface area contributed by atoms with Crippen molar-refractivity contribution in [2.45, 2.75) is 45.1 Å². The summed E-state index contributed by atoms with van der Waals surface area (Å²) in [5.74, 6) is 6.92. The van der Waals surface area contributed by atoms with Crippen LogP contribution in [0, 0.1) is 24.7 Å². The fourth-order valence-corrected chi connectivity index (χ4v) is 3.42. The van der Waals surface area contributed by atoms with Crippen molar-refractivity contribution in [3.8, 4) is 11.8 Å². The molecule has 4 heteroatoms. The molecule has 1 N–H and O–H groups in total. The zero-order valence-electron chi connectivity index (χ0n) is 12.4. The van der Waals surface area contributed by atoms with Gasteiger partial charge in [0.2, 0.25) is 0 Å². The van der Waals surface area contributed by atoms with Crippen LogP contribution in [-0.2, 0) is 0 Å². The molecular formula is C17H21NO2S. The number of carbonyl (C=O) groups excluding carboxylic acids is 1. The number of aryl methyl sites for hydroxylation is 1. The fourth-order valence-electron chi connectivity index (χ4n) is 2.41. The van der Waals surface area contributed by atoms with Crippen LogP contribution in [0.3, 0.4) is 0 Å². The van der Waals surface area contributed by atoms with Gasteiger partial charge in [-0.1, -0.05) is 11.8 Å². The Balaban J connectivity index is 1.74. The van der Waals surface area contributed by atoms with Crippen LogP contribution >= 0.6 is 11.3 Å². The van der Waals surface area contributed by atoms with Gasteiger partial charge in [-0.2, -0.15) is 0 Å². The molecule has 2 saturated carbocycles. The Morgan fingerprint density at radius 2 is 2.19 bits per heavy atom. The molecule has 1 amide bonds. The minimum absolute atomic E-state index is 0.0834. The molecule has 1 heterocycles. The van der Waals surface area contributed by atoms with E-state index in [-0.39, 0.29) is 12.5 Å². The number of carbonyl (C=O) groups is 1. The highest BCUT2D eigenvalue weighted by molar-refractivity contribution is 7.14. The molecule has 1 aromatic rings. The number of thiophene rings is 1. The Morgan fingerprint density at radius 1 is 1.43 bits per heavy atom. The molecule has 3 rings (SSSR count). The predicted octanol–water partition coefficient (Wildman–Crippen LogP) is 2.81. The summed E-state index contributed by atoms with van der Waals surface area (Å²) in [6, 6.07) is 2.45. The van der Waals surface area contributed by atoms with Crippen LogP contribution in [0.4, 0.5) is 0 Å². The van der Waals surface area contributed by atoms with E-state index < -0.39 is 0 Å². The summed E-state index contributed by atoms with van der Waals surface area (Å²) in [6.45, 7) is 3.02. The summed E-state index contributed by atoms with van der Waals surface area (Å²) in [4.78, 5) is 16.6. The van der Waals surface area contributed by atoms with E-state index in [1.807, 2.05) is 13.0 Å². The quantitative estimate of drug-likeness (QED) is 0.850. The van der Waals surface area contributed by atoms with Gasteiger partial charge >= 0.3 is 0 Å². The van der Waals surface area contributed by atoms with Gasteiger partial charge in [-0.05, 0) is 50.2 Å². The SMILES string of the molecule is Cc1cc(C(=O)N(CC2CC2)C2CC2)sc1C#CCCO. The number of aliphatic hydroxyl groups excluding tert-OH is 1. The average Bonchev–Trinajstić information content (AvgIpc) is 3.36. The van der Waals surface area contributed by atoms with Crippen LogP contribution in [0.2, 0.25) is 0 Å². The minimum atomic E-state index is 0.0834. The lowest BCUT2D eigenvalue weighted by Gasteiger charge is -2.21. The zero-order chi connectivity index (χ0) is 14.8. The Morgan fingerprint density at radius 3 is 2.81 bits per heavy atom. The van der Waals surface area contributed by atoms with Gasteiger partial charge in [0.25, 0.3) is 5.91 Å². The minimum Gasteiger partial charge on any atom is -0.395 e.